The van der Waals surface area contributed by atoms with Gasteiger partial charge in [0.2, 0.25) is 11.8 Å². The highest BCUT2D eigenvalue weighted by atomic mass is 31.2. The van der Waals surface area contributed by atoms with Crippen molar-refractivity contribution in [2.24, 2.45) is 0 Å². The molecule has 0 heterocycles. The van der Waals surface area contributed by atoms with Gasteiger partial charge in [-0.1, -0.05) is 337 Å². The van der Waals surface area contributed by atoms with Crippen LogP contribution in [0.25, 0.3) is 0 Å². The maximum Gasteiger partial charge on any atom is 0.570 e. The van der Waals surface area contributed by atoms with Crippen molar-refractivity contribution in [2.75, 3.05) is 65.7 Å². The Kier molecular flexibility index (Phi) is 77.7. The number of aliphatic hydroxyl groups is 2. The van der Waals surface area contributed by atoms with Gasteiger partial charge < -0.3 is 51.6 Å². The van der Waals surface area contributed by atoms with Crippen LogP contribution in [0.15, 0.2) is 0 Å². The number of hydrogen-bond donors (Lipinski definition) is 12. The van der Waals surface area contributed by atoms with Gasteiger partial charge in [0.1, 0.15) is 26.4 Å². The van der Waals surface area contributed by atoms with Crippen molar-refractivity contribution in [2.45, 2.75) is 451 Å². The number of aliphatic hydroxyl groups excluding tert-OH is 2. The molecule has 632 valence electrons. The molecule has 0 saturated heterocycles. The SMILES string of the molecule is CCCCCCCCCCCCCC(=O)NC(CNCCC(CCCCCCC)OC(O)CCCCCCCCCCC)CO[P+](O)(O)OCCNC(=O)NCCO[P+](O)(O)OCC(CNCCC(CCCCCCC)OC(O)CCCCCCCCCCC)NC(=O)CCCCCCCCCCCCC. The Morgan fingerprint density at radius 1 is 0.302 bits per heavy atom. The summed E-state index contributed by atoms with van der Waals surface area (Å²) >= 11 is 0. The van der Waals surface area contributed by atoms with E-state index in [9.17, 15) is 44.2 Å². The van der Waals surface area contributed by atoms with Gasteiger partial charge in [-0.05, 0) is 77.3 Å². The molecule has 0 rings (SSSR count). The molecule has 0 aliphatic carbocycles. The highest BCUT2D eigenvalue weighted by molar-refractivity contribution is 7.54. The van der Waals surface area contributed by atoms with E-state index in [2.05, 4.69) is 73.4 Å². The van der Waals surface area contributed by atoms with E-state index >= 15 is 0 Å². The van der Waals surface area contributed by atoms with Crippen LogP contribution < -0.4 is 31.9 Å². The van der Waals surface area contributed by atoms with E-state index in [0.29, 0.717) is 51.6 Å². The number of rotatable bonds is 86. The van der Waals surface area contributed by atoms with Crippen molar-refractivity contribution >= 4 is 34.2 Å². The van der Waals surface area contributed by atoms with Crippen LogP contribution in [0.1, 0.15) is 414 Å². The summed E-state index contributed by atoms with van der Waals surface area (Å²) in [6.45, 7) is 13.6. The molecule has 12 N–H and O–H groups in total. The standard InChI is InChI=1S/C83H170N6O15P2/c1-7-13-19-25-29-33-35-39-41-47-53-59-79(90)88-75(71-84-65-63-77(57-51-45-23-17-11-5)103-81(92)61-55-49-43-37-31-27-21-15-9-3)73-101-105(95,96)99-69-67-86-83(94)87-68-70-100-106(97,98)102-74-76(89-80(91)60-54-48-42-40-36-34-30-26-20-14-8-2)72-85-66-64-78(58-52-46-24-18-12-6)104-82(93)62-56-50-44-38-32-28-22-16-10-4/h75-78,81-82,84-85,92-93,95-98H,7-74H2,1-6H3,(H2-2,86,87,88,89,90,91,94)/p+2. The summed E-state index contributed by atoms with van der Waals surface area (Å²) < 4.78 is 34.3. The third-order valence-corrected chi connectivity index (χ3v) is 22.1. The van der Waals surface area contributed by atoms with Gasteiger partial charge in [0.25, 0.3) is 0 Å². The van der Waals surface area contributed by atoms with Crippen molar-refractivity contribution in [3.05, 3.63) is 0 Å². The second-order valence-corrected chi connectivity index (χ2v) is 33.6. The molecule has 6 unspecified atom stereocenters. The number of carbonyl (C=O) groups excluding carboxylic acids is 3. The minimum Gasteiger partial charge on any atom is -0.368 e. The Labute approximate surface area is 651 Å². The predicted octanol–water partition coefficient (Wildman–Crippen LogP) is 20.0. The topological polar surface area (TPSA) is 300 Å². The largest absolute Gasteiger partial charge is 0.570 e. The second-order valence-electron chi connectivity index (χ2n) is 30.6. The van der Waals surface area contributed by atoms with Crippen LogP contribution >= 0.6 is 16.3 Å². The predicted molar refractivity (Wildman–Crippen MR) is 441 cm³/mol. The first-order chi connectivity index (χ1) is 51.5. The number of carbonyl (C=O) groups is 3. The van der Waals surface area contributed by atoms with E-state index in [1.54, 1.807) is 0 Å². The zero-order valence-corrected chi connectivity index (χ0v) is 71.1. The second kappa shape index (κ2) is 78.8. The summed E-state index contributed by atoms with van der Waals surface area (Å²) in [6, 6.07) is -1.90. The van der Waals surface area contributed by atoms with Crippen molar-refractivity contribution in [3.63, 3.8) is 0 Å². The lowest BCUT2D eigenvalue weighted by atomic mass is 10.1. The summed E-state index contributed by atoms with van der Waals surface area (Å²) in [5.41, 5.74) is 0. The quantitative estimate of drug-likeness (QED) is 0.0153. The maximum atomic E-state index is 13.3. The molecule has 0 bridgehead atoms. The Morgan fingerprint density at radius 3 is 0.821 bits per heavy atom. The lowest BCUT2D eigenvalue weighted by molar-refractivity contribution is -0.143. The normalized spacial score (nSPS) is 13.8. The first kappa shape index (κ1) is 105. The lowest BCUT2D eigenvalue weighted by Crippen LogP contribution is -2.45. The van der Waals surface area contributed by atoms with Gasteiger partial charge in [0, 0.05) is 39.0 Å². The van der Waals surface area contributed by atoms with E-state index in [0.717, 1.165) is 128 Å². The molecule has 21 nitrogen and oxygen atoms in total. The number of nitrogens with one attached hydrogen (secondary N) is 6. The zero-order valence-electron chi connectivity index (χ0n) is 69.3. The van der Waals surface area contributed by atoms with Crippen molar-refractivity contribution in [1.82, 2.24) is 31.9 Å². The van der Waals surface area contributed by atoms with E-state index in [-0.39, 0.29) is 76.6 Å². The third-order valence-electron chi connectivity index (χ3n) is 20.1. The van der Waals surface area contributed by atoms with Gasteiger partial charge in [-0.25, -0.2) is 4.79 Å². The van der Waals surface area contributed by atoms with Crippen LogP contribution in [-0.4, -0.2) is 150 Å². The molecule has 0 aliphatic heterocycles. The van der Waals surface area contributed by atoms with Crippen molar-refractivity contribution < 1.29 is 71.7 Å². The highest BCUT2D eigenvalue weighted by Crippen LogP contribution is 2.53. The third kappa shape index (κ3) is 75.2. The molecule has 23 heteroatoms. The van der Waals surface area contributed by atoms with Crippen LogP contribution in [0, 0.1) is 0 Å². The first-order valence-electron chi connectivity index (χ1n) is 44.5. The molecule has 0 aromatic carbocycles. The van der Waals surface area contributed by atoms with E-state index < -0.39 is 47.0 Å². The van der Waals surface area contributed by atoms with Crippen LogP contribution in [0.3, 0.4) is 0 Å². The van der Waals surface area contributed by atoms with E-state index in [1.165, 1.54) is 205 Å². The van der Waals surface area contributed by atoms with Crippen molar-refractivity contribution in [3.8, 4) is 0 Å². The average molecular weight is 1560 g/mol. The Hall–Kier alpha value is -1.49. The zero-order chi connectivity index (χ0) is 77.8. The number of unbranched alkanes of at least 4 members (excludes halogenated alkanes) is 44. The van der Waals surface area contributed by atoms with Crippen LogP contribution in [0.2, 0.25) is 0 Å². The molecule has 106 heavy (non-hydrogen) atoms. The fourth-order valence-electron chi connectivity index (χ4n) is 13.4. The van der Waals surface area contributed by atoms with Gasteiger partial charge in [-0.3, -0.25) is 9.59 Å². The van der Waals surface area contributed by atoms with Gasteiger partial charge in [-0.2, -0.15) is 37.7 Å². The Morgan fingerprint density at radius 2 is 0.547 bits per heavy atom. The van der Waals surface area contributed by atoms with Crippen LogP contribution in [0.4, 0.5) is 4.79 Å². The smallest absolute Gasteiger partial charge is 0.368 e. The summed E-state index contributed by atoms with van der Waals surface area (Å²) in [6.07, 6.45) is 61.7. The molecule has 4 amide bonds. The Balaban J connectivity index is 5.55. The minimum atomic E-state index is -4.40. The van der Waals surface area contributed by atoms with Crippen LogP contribution in [-0.2, 0) is 37.2 Å². The van der Waals surface area contributed by atoms with Gasteiger partial charge in [0.15, 0.2) is 12.6 Å². The Bertz CT molecular complexity index is 1750. The average Bonchev–Trinajstić information content (AvgIpc) is 0.919. The molecule has 0 radical (unpaired) electrons. The summed E-state index contributed by atoms with van der Waals surface area (Å²) in [7, 11) is -8.80. The minimum absolute atomic E-state index is 0.135. The number of ether oxygens (including phenoxy) is 2. The number of amides is 4. The number of urea groups is 1. The van der Waals surface area contributed by atoms with E-state index in [4.69, 9.17) is 27.6 Å². The van der Waals surface area contributed by atoms with Gasteiger partial charge in [-0.15, -0.1) is 0 Å². The molecule has 0 spiro atoms. The summed E-state index contributed by atoms with van der Waals surface area (Å²) in [5, 5.41) is 40.0. The summed E-state index contributed by atoms with van der Waals surface area (Å²) in [5.74, 6) is -0.300. The molecule has 6 atom stereocenters. The maximum absolute atomic E-state index is 13.3. The molecule has 0 aliphatic rings. The van der Waals surface area contributed by atoms with E-state index in [1.807, 2.05) is 0 Å². The fraction of sp³-hybridized carbons (Fsp3) is 0.964. The highest BCUT2D eigenvalue weighted by Gasteiger charge is 2.42. The molecule has 0 saturated carbocycles. The molecular weight excluding hydrogens is 1380 g/mol. The molecule has 0 aromatic rings. The van der Waals surface area contributed by atoms with Crippen LogP contribution in [0.5, 0.6) is 0 Å². The molecule has 0 aromatic heterocycles. The fourth-order valence-corrected chi connectivity index (χ4v) is 15.0. The van der Waals surface area contributed by atoms with Crippen molar-refractivity contribution in [1.29, 1.82) is 0 Å². The molecule has 0 fully saturated rings. The summed E-state index contributed by atoms with van der Waals surface area (Å²) in [4.78, 5) is 82.9. The van der Waals surface area contributed by atoms with Gasteiger partial charge >= 0.3 is 22.4 Å². The lowest BCUT2D eigenvalue weighted by Gasteiger charge is -2.23. The molecular formula is C83H172N6O15P2+2. The number of hydrogen-bond acceptors (Lipinski definition) is 17. The first-order valence-corrected chi connectivity index (χ1v) is 47.5. The van der Waals surface area contributed by atoms with Gasteiger partial charge in [0.05, 0.1) is 24.3 Å². The monoisotopic (exact) mass is 1560 g/mol.